The summed E-state index contributed by atoms with van der Waals surface area (Å²) >= 11 is 5.84. The molecule has 0 fully saturated rings. The Morgan fingerprint density at radius 3 is 2.86 bits per heavy atom. The van der Waals surface area contributed by atoms with Crippen molar-refractivity contribution in [2.45, 2.75) is 32.9 Å². The van der Waals surface area contributed by atoms with E-state index in [9.17, 15) is 0 Å². The highest BCUT2D eigenvalue weighted by Crippen LogP contribution is 2.26. The normalized spacial score (nSPS) is 12.9. The molecule has 2 aromatic rings. The van der Waals surface area contributed by atoms with Crippen LogP contribution < -0.4 is 11.3 Å². The quantitative estimate of drug-likeness (QED) is 0.392. The average Bonchev–Trinajstić information content (AvgIpc) is 2.85. The van der Waals surface area contributed by atoms with Gasteiger partial charge in [0.1, 0.15) is 12.2 Å². The minimum atomic E-state index is 0.00418. The summed E-state index contributed by atoms with van der Waals surface area (Å²) in [6.07, 6.45) is 2.31. The van der Waals surface area contributed by atoms with Crippen LogP contribution in [-0.4, -0.2) is 14.8 Å². The molecule has 1 atom stereocenters. The highest BCUT2D eigenvalue weighted by Gasteiger charge is 2.17. The molecule has 5 nitrogen and oxygen atoms in total. The number of rotatable bonds is 6. The lowest BCUT2D eigenvalue weighted by Crippen LogP contribution is -2.31. The molecular weight excluding hydrogens is 445 g/mol. The van der Waals surface area contributed by atoms with E-state index in [2.05, 4.69) is 80.0 Å². The van der Waals surface area contributed by atoms with E-state index in [4.69, 9.17) is 5.84 Å². The molecule has 3 N–H and O–H groups in total. The van der Waals surface area contributed by atoms with Crippen LogP contribution in [0.5, 0.6) is 0 Å². The minimum absolute atomic E-state index is 0.00418. The fourth-order valence-corrected chi connectivity index (χ4v) is 3.26. The van der Waals surface area contributed by atoms with Crippen molar-refractivity contribution in [3.8, 4) is 0 Å². The summed E-state index contributed by atoms with van der Waals surface area (Å²) in [6.45, 7) is 5.20. The smallest absolute Gasteiger partial charge is 0.138 e. The van der Waals surface area contributed by atoms with Crippen molar-refractivity contribution in [1.82, 2.24) is 20.2 Å². The minimum Gasteiger partial charge on any atom is -0.271 e. The van der Waals surface area contributed by atoms with Crippen molar-refractivity contribution in [3.63, 3.8) is 0 Å². The maximum atomic E-state index is 5.77. The number of hydrogen-bond donors (Lipinski definition) is 2. The molecule has 2 rings (SSSR count). The number of nitrogens with zero attached hydrogens (tertiary/aromatic N) is 3. The third-order valence-electron chi connectivity index (χ3n) is 3.16. The topological polar surface area (TPSA) is 68.8 Å². The van der Waals surface area contributed by atoms with Crippen molar-refractivity contribution >= 4 is 38.5 Å². The summed E-state index contributed by atoms with van der Waals surface area (Å²) in [5.41, 5.74) is 4.06. The summed E-state index contributed by atoms with van der Waals surface area (Å²) in [7, 11) is 0. The summed E-state index contributed by atoms with van der Waals surface area (Å²) in [6, 6.07) is 6.20. The zero-order chi connectivity index (χ0) is 15.4. The van der Waals surface area contributed by atoms with Crippen LogP contribution in [0, 0.1) is 9.49 Å². The van der Waals surface area contributed by atoms with Crippen LogP contribution in [0.1, 0.15) is 31.3 Å². The van der Waals surface area contributed by atoms with E-state index < -0.39 is 0 Å². The van der Waals surface area contributed by atoms with Crippen LogP contribution in [-0.2, 0) is 13.0 Å². The Kier molecular flexibility index (Phi) is 6.15. The zero-order valence-electron chi connectivity index (χ0n) is 12.1. The Hall–Kier alpha value is -0.510. The zero-order valence-corrected chi connectivity index (χ0v) is 15.8. The van der Waals surface area contributed by atoms with Gasteiger partial charge in [-0.05, 0) is 52.3 Å². The fourth-order valence-electron chi connectivity index (χ4n) is 2.17. The number of nitrogens with two attached hydrogens (primary N) is 1. The van der Waals surface area contributed by atoms with Crippen molar-refractivity contribution in [3.05, 3.63) is 44.0 Å². The van der Waals surface area contributed by atoms with Crippen molar-refractivity contribution in [2.75, 3.05) is 0 Å². The second-order valence-electron chi connectivity index (χ2n) is 5.34. The first kappa shape index (κ1) is 16.9. The van der Waals surface area contributed by atoms with E-state index in [1.807, 2.05) is 10.7 Å². The van der Waals surface area contributed by atoms with Gasteiger partial charge < -0.3 is 0 Å². The summed E-state index contributed by atoms with van der Waals surface area (Å²) in [4.78, 5) is 4.38. The Labute approximate surface area is 146 Å². The SMILES string of the molecule is CC(C)Cn1ncnc1CC(NN)c1cc(Br)ccc1I. The fraction of sp³-hybridized carbons (Fsp3) is 0.429. The molecule has 1 aromatic carbocycles. The predicted octanol–water partition coefficient (Wildman–Crippen LogP) is 3.05. The maximum Gasteiger partial charge on any atom is 0.138 e. The van der Waals surface area contributed by atoms with Gasteiger partial charge in [0.25, 0.3) is 0 Å². The van der Waals surface area contributed by atoms with Crippen molar-refractivity contribution in [2.24, 2.45) is 11.8 Å². The summed E-state index contributed by atoms with van der Waals surface area (Å²) in [5, 5.41) is 4.30. The Morgan fingerprint density at radius 1 is 1.43 bits per heavy atom. The number of benzene rings is 1. The van der Waals surface area contributed by atoms with Gasteiger partial charge in [-0.25, -0.2) is 9.67 Å². The monoisotopic (exact) mass is 463 g/mol. The number of hydrogen-bond acceptors (Lipinski definition) is 4. The molecule has 0 aliphatic rings. The number of nitrogens with one attached hydrogen (secondary N) is 1. The second-order valence-corrected chi connectivity index (χ2v) is 7.42. The first-order valence-corrected chi connectivity index (χ1v) is 8.66. The highest BCUT2D eigenvalue weighted by atomic mass is 127. The van der Waals surface area contributed by atoms with Gasteiger partial charge in [0.2, 0.25) is 0 Å². The predicted molar refractivity (Wildman–Crippen MR) is 95.5 cm³/mol. The van der Waals surface area contributed by atoms with E-state index in [0.29, 0.717) is 12.3 Å². The molecule has 0 aliphatic carbocycles. The molecule has 0 amide bonds. The van der Waals surface area contributed by atoms with Gasteiger partial charge in [-0.1, -0.05) is 29.8 Å². The molecule has 1 heterocycles. The molecule has 7 heteroatoms. The van der Waals surface area contributed by atoms with Crippen LogP contribution >= 0.6 is 38.5 Å². The van der Waals surface area contributed by atoms with Gasteiger partial charge in [0.15, 0.2) is 0 Å². The molecule has 0 saturated carbocycles. The molecule has 114 valence electrons. The lowest BCUT2D eigenvalue weighted by molar-refractivity contribution is 0.446. The van der Waals surface area contributed by atoms with Crippen molar-refractivity contribution in [1.29, 1.82) is 0 Å². The standard InChI is InChI=1S/C14H19BrIN5/c1-9(2)7-21-14(18-8-19-21)6-13(20-17)11-5-10(15)3-4-12(11)16/h3-5,8-9,13,20H,6-7,17H2,1-2H3. The molecule has 0 bridgehead atoms. The molecule has 1 aromatic heterocycles. The Bertz CT molecular complexity index is 599. The average molecular weight is 464 g/mol. The largest absolute Gasteiger partial charge is 0.271 e. The van der Waals surface area contributed by atoms with E-state index in [-0.39, 0.29) is 6.04 Å². The third-order valence-corrected chi connectivity index (χ3v) is 4.63. The van der Waals surface area contributed by atoms with E-state index in [1.165, 1.54) is 3.57 Å². The molecule has 21 heavy (non-hydrogen) atoms. The van der Waals surface area contributed by atoms with Crippen LogP contribution in [0.25, 0.3) is 0 Å². The van der Waals surface area contributed by atoms with Gasteiger partial charge in [-0.3, -0.25) is 11.3 Å². The lowest BCUT2D eigenvalue weighted by atomic mass is 10.0. The first-order chi connectivity index (χ1) is 10.0. The van der Waals surface area contributed by atoms with Crippen LogP contribution in [0.3, 0.4) is 0 Å². The van der Waals surface area contributed by atoms with E-state index in [0.717, 1.165) is 22.4 Å². The second kappa shape index (κ2) is 7.66. The van der Waals surface area contributed by atoms with Gasteiger partial charge in [0, 0.05) is 21.0 Å². The van der Waals surface area contributed by atoms with Gasteiger partial charge in [-0.15, -0.1) is 0 Å². The Balaban J connectivity index is 2.23. The van der Waals surface area contributed by atoms with Gasteiger partial charge in [-0.2, -0.15) is 5.10 Å². The highest BCUT2D eigenvalue weighted by molar-refractivity contribution is 14.1. The lowest BCUT2D eigenvalue weighted by Gasteiger charge is -2.18. The number of aromatic nitrogens is 3. The summed E-state index contributed by atoms with van der Waals surface area (Å²) < 4.78 is 4.18. The number of halogens is 2. The molecule has 0 aliphatic heterocycles. The Morgan fingerprint density at radius 2 is 2.19 bits per heavy atom. The molecule has 0 radical (unpaired) electrons. The van der Waals surface area contributed by atoms with Gasteiger partial charge in [0.05, 0.1) is 6.04 Å². The summed E-state index contributed by atoms with van der Waals surface area (Å²) in [5.74, 6) is 7.24. The van der Waals surface area contributed by atoms with Crippen molar-refractivity contribution < 1.29 is 0 Å². The van der Waals surface area contributed by atoms with Crippen LogP contribution in [0.4, 0.5) is 0 Å². The number of hydrazine groups is 1. The molecule has 1 unspecified atom stereocenters. The van der Waals surface area contributed by atoms with Gasteiger partial charge >= 0.3 is 0 Å². The molecule has 0 spiro atoms. The maximum absolute atomic E-state index is 5.77. The third kappa shape index (κ3) is 4.48. The molecule has 0 saturated heterocycles. The first-order valence-electron chi connectivity index (χ1n) is 6.79. The van der Waals surface area contributed by atoms with E-state index >= 15 is 0 Å². The molecular formula is C14H19BrIN5. The van der Waals surface area contributed by atoms with Crippen LogP contribution in [0.15, 0.2) is 29.0 Å². The van der Waals surface area contributed by atoms with E-state index in [1.54, 1.807) is 6.33 Å². The van der Waals surface area contributed by atoms with Crippen LogP contribution in [0.2, 0.25) is 0 Å².